The Balaban J connectivity index is 5.55. The van der Waals surface area contributed by atoms with E-state index in [1.807, 2.05) is 42.5 Å². The second-order valence-electron chi connectivity index (χ2n) is 19.6. The predicted molar refractivity (Wildman–Crippen MR) is 309 cm³/mol. The van der Waals surface area contributed by atoms with Crippen molar-refractivity contribution in [3.8, 4) is 0 Å². The molecule has 0 aromatic carbocycles. The predicted octanol–water partition coefficient (Wildman–Crippen LogP) is -19.4. The number of carboxylic acid groups (broad SMARTS) is 1. The summed E-state index contributed by atoms with van der Waals surface area (Å²) in [5.74, 6) is -19.2. The summed E-state index contributed by atoms with van der Waals surface area (Å²) in [5.41, 5.74) is 16.0. The second-order valence-corrected chi connectivity index (χ2v) is 19.6. The lowest BCUT2D eigenvalue weighted by Gasteiger charge is -2.26. The third-order valence-corrected chi connectivity index (χ3v) is 12.1. The number of hydrogen-bond acceptors (Lipinski definition) is 27. The number of nitrogens with one attached hydrogen (secondary N) is 15. The maximum atomic E-state index is 13.2. The molecule has 0 aliphatic heterocycles. The number of nitrogens with zero attached hydrogens (tertiary/aromatic N) is 1. The van der Waals surface area contributed by atoms with E-state index in [0.717, 1.165) is 20.8 Å². The number of aliphatic hydroxyl groups excluding tert-OH is 9. The summed E-state index contributed by atoms with van der Waals surface area (Å²) in [6.07, 6.45) is -1.74. The number of carbonyl (C=O) groups excluding carboxylic acids is 15. The van der Waals surface area contributed by atoms with Gasteiger partial charge in [0.15, 0.2) is 5.96 Å². The van der Waals surface area contributed by atoms with Crippen LogP contribution in [0.5, 0.6) is 0 Å². The standard InChI is InChI=1S/C48H83N19O26/c1-19(36(81)53-7-32(78)60-24(12-69)40(85)56-9-33(79)61-30(18-75)47(92)93)57-41(86)25(13-70)63-44(89)28(16-73)65-43(88)27(15-72)62-37(82)20(2)58-42(87)26(14-71)64-45(90)29(17-74)66-46(91)35(21(3)76)67-34(80)10-55-39(84)23(5-4-6-52-48(50)51)59-31(77)8-54-38(83)22(49)11-68/h19-30,35,68-76H,4-18,49H2,1-3H3,(H,53,81)(H,54,83)(H,55,84)(H,56,85)(H,57,86)(H,58,87)(H,59,77)(H,60,78)(H,61,79)(H,62,82)(H,63,89)(H,64,90)(H,65,88)(H,66,91)(H,67,80)(H,92,93)(H4,50,51,52)/t19-,20-,21+,22-,23-,24-,25-,26-,27-,28-,29-,30-,35-/m0/s1. The van der Waals surface area contributed by atoms with Crippen molar-refractivity contribution in [1.29, 1.82) is 0 Å². The third-order valence-electron chi connectivity index (χ3n) is 12.1. The second kappa shape index (κ2) is 44.0. The van der Waals surface area contributed by atoms with Crippen LogP contribution in [0.25, 0.3) is 0 Å². The highest BCUT2D eigenvalue weighted by Gasteiger charge is 2.35. The molecule has 0 radical (unpaired) electrons. The van der Waals surface area contributed by atoms with E-state index in [2.05, 4.69) is 42.2 Å². The summed E-state index contributed by atoms with van der Waals surface area (Å²) in [4.78, 5) is 206. The highest BCUT2D eigenvalue weighted by Crippen LogP contribution is 2.02. The van der Waals surface area contributed by atoms with E-state index in [0.29, 0.717) is 0 Å². The molecule has 0 heterocycles. The molecule has 45 nitrogen and oxygen atoms in total. The number of aliphatic carboxylic acids is 1. The number of aliphatic imine (C=N–C) groups is 1. The van der Waals surface area contributed by atoms with E-state index in [-0.39, 0.29) is 25.3 Å². The number of aliphatic hydroxyl groups is 9. The van der Waals surface area contributed by atoms with Crippen molar-refractivity contribution in [2.75, 3.05) is 85.6 Å². The molecule has 0 fully saturated rings. The minimum absolute atomic E-state index is 0.00165. The van der Waals surface area contributed by atoms with Crippen LogP contribution in [-0.2, 0) is 76.7 Å². The molecule has 0 spiro atoms. The van der Waals surface area contributed by atoms with Crippen LogP contribution in [0.4, 0.5) is 0 Å². The molecule has 13 atom stereocenters. The van der Waals surface area contributed by atoms with E-state index in [9.17, 15) is 112 Å². The molecule has 0 rings (SSSR count). The monoisotopic (exact) mass is 1340 g/mol. The zero-order chi connectivity index (χ0) is 71.2. The Labute approximate surface area is 527 Å². The van der Waals surface area contributed by atoms with Gasteiger partial charge in [-0.25, -0.2) is 4.79 Å². The van der Waals surface area contributed by atoms with Crippen molar-refractivity contribution < 1.29 is 128 Å². The Morgan fingerprint density at radius 3 is 1.02 bits per heavy atom. The molecule has 93 heavy (non-hydrogen) atoms. The van der Waals surface area contributed by atoms with Gasteiger partial charge in [0.2, 0.25) is 88.6 Å². The topological polar surface area (TPSA) is 746 Å². The molecule has 45 heteroatoms. The van der Waals surface area contributed by atoms with Crippen molar-refractivity contribution >= 4 is 101 Å². The van der Waals surface area contributed by atoms with Gasteiger partial charge in [-0.1, -0.05) is 0 Å². The molecule has 0 unspecified atom stereocenters. The molecule has 0 aliphatic rings. The quantitative estimate of drug-likeness (QED) is 0.0153. The maximum absolute atomic E-state index is 13.2. The van der Waals surface area contributed by atoms with Crippen molar-refractivity contribution in [1.82, 2.24) is 79.8 Å². The van der Waals surface area contributed by atoms with Crippen LogP contribution in [0.3, 0.4) is 0 Å². The van der Waals surface area contributed by atoms with Crippen LogP contribution in [0.1, 0.15) is 33.6 Å². The fourth-order valence-electron chi connectivity index (χ4n) is 6.91. The SMILES string of the molecule is C[C@H](NC(=O)[C@H](CO)NC(=O)[C@H](CO)NC(=O)[C@H](CO)NC(=O)[C@H](C)NC(=O)[C@H](CO)NC(=O)[C@H](CO)NC(=O)[C@@H](NC(=O)CNC(=O)[C@H](CCCN=C(N)N)NC(=O)CNC(=O)[C@@H](N)CO)[C@@H](C)O)C(=O)NCC(=O)N[C@@H](CO)C(=O)NCC(=O)N[C@@H](CO)C(=O)O. The van der Waals surface area contributed by atoms with Gasteiger partial charge in [-0.2, -0.15) is 0 Å². The van der Waals surface area contributed by atoms with E-state index in [1.165, 1.54) is 0 Å². The third kappa shape index (κ3) is 31.8. The molecular weight excluding hydrogens is 1260 g/mol. The van der Waals surface area contributed by atoms with Crippen LogP contribution in [-0.4, -0.2) is 316 Å². The van der Waals surface area contributed by atoms with E-state index >= 15 is 0 Å². The normalized spacial score (nSPS) is 15.0. The molecule has 526 valence electrons. The molecule has 15 amide bonds. The zero-order valence-corrected chi connectivity index (χ0v) is 50.3. The summed E-state index contributed by atoms with van der Waals surface area (Å²) < 4.78 is 0. The number of rotatable bonds is 44. The van der Waals surface area contributed by atoms with E-state index < -0.39 is 252 Å². The Hall–Kier alpha value is -9.61. The van der Waals surface area contributed by atoms with Gasteiger partial charge in [-0.05, 0) is 33.6 Å². The smallest absolute Gasteiger partial charge is 0.328 e. The maximum Gasteiger partial charge on any atom is 0.328 e. The van der Waals surface area contributed by atoms with Crippen LogP contribution in [0.15, 0.2) is 4.99 Å². The lowest BCUT2D eigenvalue weighted by molar-refractivity contribution is -0.143. The van der Waals surface area contributed by atoms with Gasteiger partial charge in [0.25, 0.3) is 0 Å². The first-order valence-electron chi connectivity index (χ1n) is 27.7. The summed E-state index contributed by atoms with van der Waals surface area (Å²) in [6, 6.07) is -20.9. The van der Waals surface area contributed by atoms with Crippen LogP contribution in [0, 0.1) is 0 Å². The first-order chi connectivity index (χ1) is 43.7. The molecule has 0 aromatic rings. The molecule has 0 saturated carbocycles. The van der Waals surface area contributed by atoms with Gasteiger partial charge >= 0.3 is 5.97 Å². The minimum Gasteiger partial charge on any atom is -0.480 e. The van der Waals surface area contributed by atoms with Crippen molar-refractivity contribution in [3.05, 3.63) is 0 Å². The molecule has 0 aromatic heterocycles. The largest absolute Gasteiger partial charge is 0.480 e. The van der Waals surface area contributed by atoms with Crippen molar-refractivity contribution in [3.63, 3.8) is 0 Å². The van der Waals surface area contributed by atoms with Gasteiger partial charge < -0.3 is 148 Å². The Bertz CT molecular complexity index is 2630. The first kappa shape index (κ1) is 83.4. The molecule has 0 bridgehead atoms. The highest BCUT2D eigenvalue weighted by molar-refractivity contribution is 6.00. The van der Waals surface area contributed by atoms with Crippen LogP contribution in [0.2, 0.25) is 0 Å². The fourth-order valence-corrected chi connectivity index (χ4v) is 6.91. The summed E-state index contributed by atoms with van der Waals surface area (Å²) in [6.45, 7) is -8.88. The number of hydrogen-bond donors (Lipinski definition) is 28. The molecule has 31 N–H and O–H groups in total. The lowest BCUT2D eigenvalue weighted by Crippen LogP contribution is -2.62. The lowest BCUT2D eigenvalue weighted by atomic mass is 10.1. The Kier molecular flexibility index (Phi) is 39.4. The van der Waals surface area contributed by atoms with Crippen LogP contribution >= 0.6 is 0 Å². The Morgan fingerprint density at radius 2 is 0.656 bits per heavy atom. The van der Waals surface area contributed by atoms with Gasteiger partial charge in [0.05, 0.1) is 85.1 Å². The Morgan fingerprint density at radius 1 is 0.355 bits per heavy atom. The number of guanidine groups is 1. The van der Waals surface area contributed by atoms with Gasteiger partial charge in [-0.3, -0.25) is 76.9 Å². The number of amides is 15. The average Bonchev–Trinajstić information content (AvgIpc) is 1.36. The summed E-state index contributed by atoms with van der Waals surface area (Å²) >= 11 is 0. The first-order valence-corrected chi connectivity index (χ1v) is 27.7. The van der Waals surface area contributed by atoms with Gasteiger partial charge in [0.1, 0.15) is 72.5 Å². The van der Waals surface area contributed by atoms with Crippen molar-refractivity contribution in [2.24, 2.45) is 22.2 Å². The summed E-state index contributed by atoms with van der Waals surface area (Å²) in [5, 5.41) is 127. The van der Waals surface area contributed by atoms with Gasteiger partial charge in [0, 0.05) is 6.54 Å². The zero-order valence-electron chi connectivity index (χ0n) is 50.3. The number of carbonyl (C=O) groups is 16. The molecular formula is C48H83N19O26. The van der Waals surface area contributed by atoms with E-state index in [4.69, 9.17) is 32.5 Å². The number of nitrogens with two attached hydrogens (primary N) is 3. The van der Waals surface area contributed by atoms with Crippen molar-refractivity contribution in [2.45, 2.75) is 112 Å². The van der Waals surface area contributed by atoms with E-state index in [1.54, 1.807) is 0 Å². The van der Waals surface area contributed by atoms with Gasteiger partial charge in [-0.15, -0.1) is 0 Å². The highest BCUT2D eigenvalue weighted by atomic mass is 16.4. The van der Waals surface area contributed by atoms with Crippen LogP contribution < -0.4 is 97.0 Å². The molecule has 0 aliphatic carbocycles. The summed E-state index contributed by atoms with van der Waals surface area (Å²) in [7, 11) is 0. The molecule has 0 saturated heterocycles. The fraction of sp³-hybridized carbons (Fsp3) is 0.646. The minimum atomic E-state index is -1.98. The average molecular weight is 1340 g/mol. The number of carboxylic acids is 1.